The molecule has 1 fully saturated rings. The van der Waals surface area contributed by atoms with E-state index in [-0.39, 0.29) is 18.5 Å². The van der Waals surface area contributed by atoms with E-state index in [0.717, 1.165) is 30.2 Å². The van der Waals surface area contributed by atoms with Crippen molar-refractivity contribution in [1.82, 2.24) is 4.98 Å². The van der Waals surface area contributed by atoms with E-state index < -0.39 is 5.97 Å². The van der Waals surface area contributed by atoms with Crippen LogP contribution >= 0.6 is 0 Å². The van der Waals surface area contributed by atoms with Crippen LogP contribution in [-0.4, -0.2) is 29.0 Å². The quantitative estimate of drug-likeness (QED) is 0.857. The Labute approximate surface area is 134 Å². The van der Waals surface area contributed by atoms with E-state index in [2.05, 4.69) is 11.6 Å². The number of rotatable bonds is 5. The molecule has 1 aliphatic rings. The van der Waals surface area contributed by atoms with Gasteiger partial charge in [0.15, 0.2) is 6.29 Å². The zero-order valence-corrected chi connectivity index (χ0v) is 12.8. The van der Waals surface area contributed by atoms with Crippen LogP contribution in [0.1, 0.15) is 30.5 Å². The normalized spacial score (nSPS) is 18.0. The van der Waals surface area contributed by atoms with Crippen LogP contribution in [0.3, 0.4) is 0 Å². The van der Waals surface area contributed by atoms with Gasteiger partial charge in [-0.1, -0.05) is 24.8 Å². The molecule has 0 bridgehead atoms. The van der Waals surface area contributed by atoms with Crippen molar-refractivity contribution < 1.29 is 19.4 Å². The maximum Gasteiger partial charge on any atom is 0.337 e. The molecule has 1 saturated heterocycles. The zero-order chi connectivity index (χ0) is 16.2. The van der Waals surface area contributed by atoms with E-state index >= 15 is 0 Å². The van der Waals surface area contributed by atoms with Gasteiger partial charge < -0.3 is 14.6 Å². The van der Waals surface area contributed by atoms with Crippen LogP contribution in [0.25, 0.3) is 16.5 Å². The third kappa shape index (κ3) is 3.57. The Morgan fingerprint density at radius 3 is 2.96 bits per heavy atom. The molecular weight excluding hydrogens is 294 g/mol. The first kappa shape index (κ1) is 15.6. The summed E-state index contributed by atoms with van der Waals surface area (Å²) in [6.45, 7) is 4.60. The third-order valence-electron chi connectivity index (χ3n) is 3.91. The summed E-state index contributed by atoms with van der Waals surface area (Å²) in [5, 5.41) is 10.2. The number of carboxylic acid groups (broad SMARTS) is 1. The number of pyridine rings is 1. The molecule has 1 aliphatic heterocycles. The van der Waals surface area contributed by atoms with Crippen molar-refractivity contribution in [2.24, 2.45) is 0 Å². The van der Waals surface area contributed by atoms with E-state index in [0.29, 0.717) is 17.9 Å². The van der Waals surface area contributed by atoms with Gasteiger partial charge in [0.25, 0.3) is 0 Å². The number of hydrogen-bond acceptors (Lipinski definition) is 4. The number of para-hydroxylation sites is 1. The summed E-state index contributed by atoms with van der Waals surface area (Å²) in [6.07, 6.45) is 2.76. The first-order chi connectivity index (χ1) is 11.1. The second-order valence-corrected chi connectivity index (χ2v) is 5.58. The van der Waals surface area contributed by atoms with Crippen molar-refractivity contribution >= 4 is 22.4 Å². The fraction of sp³-hybridized carbons (Fsp3) is 0.333. The van der Waals surface area contributed by atoms with Gasteiger partial charge in [-0.05, 0) is 31.4 Å². The van der Waals surface area contributed by atoms with Crippen molar-refractivity contribution in [3.8, 4) is 0 Å². The molecule has 2 heterocycles. The number of aliphatic carboxylic acids is 1. The average molecular weight is 313 g/mol. The van der Waals surface area contributed by atoms with Gasteiger partial charge >= 0.3 is 5.97 Å². The second-order valence-electron chi connectivity index (χ2n) is 5.58. The van der Waals surface area contributed by atoms with Crippen molar-refractivity contribution in [1.29, 1.82) is 0 Å². The smallest absolute Gasteiger partial charge is 0.337 e. The van der Waals surface area contributed by atoms with Crippen LogP contribution in [0, 0.1) is 0 Å². The molecular formula is C18H19NO4. The minimum atomic E-state index is -1.08. The molecule has 1 aromatic carbocycles. The molecule has 1 aromatic heterocycles. The molecule has 0 amide bonds. The maximum atomic E-state index is 11.3. The minimum absolute atomic E-state index is 0.0288. The second kappa shape index (κ2) is 6.89. The van der Waals surface area contributed by atoms with Crippen LogP contribution in [0.4, 0.5) is 0 Å². The lowest BCUT2D eigenvalue weighted by Gasteiger charge is -2.23. The fourth-order valence-corrected chi connectivity index (χ4v) is 2.66. The average Bonchev–Trinajstić information content (AvgIpc) is 2.59. The number of fused-ring (bicyclic) bond motifs is 1. The highest BCUT2D eigenvalue weighted by Crippen LogP contribution is 2.24. The summed E-state index contributed by atoms with van der Waals surface area (Å²) in [7, 11) is 0. The first-order valence-electron chi connectivity index (χ1n) is 7.69. The molecule has 23 heavy (non-hydrogen) atoms. The highest BCUT2D eigenvalue weighted by molar-refractivity contribution is 6.14. The summed E-state index contributed by atoms with van der Waals surface area (Å²) in [5.41, 5.74) is 1.79. The van der Waals surface area contributed by atoms with E-state index in [4.69, 9.17) is 9.47 Å². The van der Waals surface area contributed by atoms with Crippen molar-refractivity contribution in [2.45, 2.75) is 32.2 Å². The SMILES string of the molecule is C=C(C(=O)O)c1nc2ccccc2cc1COC1CCCCO1. The lowest BCUT2D eigenvalue weighted by molar-refractivity contribution is -0.168. The molecule has 2 aromatic rings. The van der Waals surface area contributed by atoms with Gasteiger partial charge in [0.1, 0.15) is 0 Å². The summed E-state index contributed by atoms with van der Waals surface area (Å²) < 4.78 is 11.3. The van der Waals surface area contributed by atoms with Gasteiger partial charge in [0.05, 0.1) is 23.4 Å². The van der Waals surface area contributed by atoms with Crippen molar-refractivity contribution in [3.05, 3.63) is 48.2 Å². The molecule has 0 aliphatic carbocycles. The number of carboxylic acids is 1. The van der Waals surface area contributed by atoms with Crippen LogP contribution in [0.15, 0.2) is 36.9 Å². The topological polar surface area (TPSA) is 68.7 Å². The zero-order valence-electron chi connectivity index (χ0n) is 12.8. The number of aromatic nitrogens is 1. The summed E-state index contributed by atoms with van der Waals surface area (Å²) in [5.74, 6) is -1.08. The molecule has 3 rings (SSSR count). The Balaban J connectivity index is 1.90. The molecule has 5 nitrogen and oxygen atoms in total. The third-order valence-corrected chi connectivity index (χ3v) is 3.91. The van der Waals surface area contributed by atoms with E-state index in [1.54, 1.807) is 0 Å². The number of benzene rings is 1. The molecule has 120 valence electrons. The Morgan fingerprint density at radius 1 is 1.39 bits per heavy atom. The Hall–Kier alpha value is -2.24. The fourth-order valence-electron chi connectivity index (χ4n) is 2.66. The van der Waals surface area contributed by atoms with Crippen molar-refractivity contribution in [2.75, 3.05) is 6.61 Å². The Kier molecular flexibility index (Phi) is 4.69. The molecule has 0 saturated carbocycles. The molecule has 1 atom stereocenters. The lowest BCUT2D eigenvalue weighted by atomic mass is 10.0. The first-order valence-corrected chi connectivity index (χ1v) is 7.69. The van der Waals surface area contributed by atoms with E-state index in [1.165, 1.54) is 0 Å². The number of carbonyl (C=O) groups is 1. The molecule has 0 radical (unpaired) electrons. The van der Waals surface area contributed by atoms with Crippen LogP contribution in [-0.2, 0) is 20.9 Å². The number of hydrogen-bond donors (Lipinski definition) is 1. The lowest BCUT2D eigenvalue weighted by Crippen LogP contribution is -2.22. The van der Waals surface area contributed by atoms with Gasteiger partial charge in [0, 0.05) is 17.6 Å². The van der Waals surface area contributed by atoms with E-state index in [9.17, 15) is 9.90 Å². The largest absolute Gasteiger partial charge is 0.478 e. The standard InChI is InChI=1S/C18H19NO4/c1-12(18(20)21)17-14(11-23-16-8-4-5-9-22-16)10-13-6-2-3-7-15(13)19-17/h2-3,6-7,10,16H,1,4-5,8-9,11H2,(H,20,21). The summed E-state index contributed by atoms with van der Waals surface area (Å²) >= 11 is 0. The predicted molar refractivity (Wildman–Crippen MR) is 86.8 cm³/mol. The Morgan fingerprint density at radius 2 is 2.22 bits per heavy atom. The minimum Gasteiger partial charge on any atom is -0.478 e. The molecule has 1 N–H and O–H groups in total. The van der Waals surface area contributed by atoms with Crippen LogP contribution in [0.5, 0.6) is 0 Å². The van der Waals surface area contributed by atoms with Crippen LogP contribution < -0.4 is 0 Å². The van der Waals surface area contributed by atoms with Gasteiger partial charge in [-0.15, -0.1) is 0 Å². The van der Waals surface area contributed by atoms with E-state index in [1.807, 2.05) is 30.3 Å². The highest BCUT2D eigenvalue weighted by atomic mass is 16.7. The van der Waals surface area contributed by atoms with Gasteiger partial charge in [-0.2, -0.15) is 0 Å². The summed E-state index contributed by atoms with van der Waals surface area (Å²) in [6, 6.07) is 9.49. The molecule has 0 spiro atoms. The molecule has 1 unspecified atom stereocenters. The van der Waals surface area contributed by atoms with Gasteiger partial charge in [-0.3, -0.25) is 0 Å². The Bertz CT molecular complexity index is 735. The van der Waals surface area contributed by atoms with Gasteiger partial charge in [0.2, 0.25) is 0 Å². The molecule has 5 heteroatoms. The van der Waals surface area contributed by atoms with Crippen LogP contribution in [0.2, 0.25) is 0 Å². The monoisotopic (exact) mass is 313 g/mol. The number of nitrogens with zero attached hydrogens (tertiary/aromatic N) is 1. The maximum absolute atomic E-state index is 11.3. The predicted octanol–water partition coefficient (Wildman–Crippen LogP) is 3.38. The number of ether oxygens (including phenoxy) is 2. The highest BCUT2D eigenvalue weighted by Gasteiger charge is 2.18. The van der Waals surface area contributed by atoms with Gasteiger partial charge in [-0.25, -0.2) is 9.78 Å². The van der Waals surface area contributed by atoms with Crippen molar-refractivity contribution in [3.63, 3.8) is 0 Å². The summed E-state index contributed by atoms with van der Waals surface area (Å²) in [4.78, 5) is 15.7.